The maximum Gasteiger partial charge on any atom is 0.132 e. The van der Waals surface area contributed by atoms with Crippen molar-refractivity contribution in [1.29, 1.82) is 0 Å². The zero-order chi connectivity index (χ0) is 9.84. The van der Waals surface area contributed by atoms with Gasteiger partial charge in [0.15, 0.2) is 0 Å². The Morgan fingerprint density at radius 3 is 2.54 bits per heavy atom. The fourth-order valence-electron chi connectivity index (χ4n) is 1.13. The molecular weight excluding hydrogens is 279 g/mol. The van der Waals surface area contributed by atoms with Crippen molar-refractivity contribution in [2.24, 2.45) is 0 Å². The van der Waals surface area contributed by atoms with Gasteiger partial charge in [-0.3, -0.25) is 0 Å². The van der Waals surface area contributed by atoms with Crippen LogP contribution in [-0.4, -0.2) is 14.2 Å². The summed E-state index contributed by atoms with van der Waals surface area (Å²) < 4.78 is 11.6. The highest BCUT2D eigenvalue weighted by atomic mass is 127. The van der Waals surface area contributed by atoms with Gasteiger partial charge in [0.2, 0.25) is 0 Å². The minimum atomic E-state index is 0.113. The lowest BCUT2D eigenvalue weighted by Crippen LogP contribution is -2.00. The predicted octanol–water partition coefficient (Wildman–Crippen LogP) is 3.01. The second-order valence-electron chi connectivity index (χ2n) is 2.74. The molecule has 0 bridgehead atoms. The molecule has 1 atom stereocenters. The zero-order valence-corrected chi connectivity index (χ0v) is 10.2. The van der Waals surface area contributed by atoms with E-state index in [1.54, 1.807) is 14.2 Å². The van der Waals surface area contributed by atoms with Crippen LogP contribution >= 0.6 is 22.6 Å². The molecule has 2 nitrogen and oxygen atoms in total. The highest BCUT2D eigenvalue weighted by molar-refractivity contribution is 14.1. The van der Waals surface area contributed by atoms with Crippen molar-refractivity contribution in [3.63, 3.8) is 0 Å². The van der Waals surface area contributed by atoms with Gasteiger partial charge in [0, 0.05) is 7.11 Å². The molecule has 0 saturated carbocycles. The SMILES string of the molecule is COc1cccc([C@H](C)OC)c1I. The molecule has 0 aliphatic heterocycles. The van der Waals surface area contributed by atoms with E-state index in [1.807, 2.05) is 19.1 Å². The number of rotatable bonds is 3. The Labute approximate surface area is 92.4 Å². The van der Waals surface area contributed by atoms with Crippen LogP contribution in [0.3, 0.4) is 0 Å². The third kappa shape index (κ3) is 2.34. The minimum absolute atomic E-state index is 0.113. The summed E-state index contributed by atoms with van der Waals surface area (Å²) in [4.78, 5) is 0. The fourth-order valence-corrected chi connectivity index (χ4v) is 2.14. The van der Waals surface area contributed by atoms with Gasteiger partial charge in [-0.2, -0.15) is 0 Å². The van der Waals surface area contributed by atoms with E-state index in [0.717, 1.165) is 9.32 Å². The third-order valence-corrected chi connectivity index (χ3v) is 3.16. The number of benzene rings is 1. The molecule has 0 amide bonds. The number of hydrogen-bond donors (Lipinski definition) is 0. The topological polar surface area (TPSA) is 18.5 Å². The molecule has 0 saturated heterocycles. The summed E-state index contributed by atoms with van der Waals surface area (Å²) >= 11 is 2.27. The summed E-state index contributed by atoms with van der Waals surface area (Å²) in [6.45, 7) is 2.02. The quantitative estimate of drug-likeness (QED) is 0.797. The van der Waals surface area contributed by atoms with Crippen LogP contribution in [0.5, 0.6) is 5.75 Å². The van der Waals surface area contributed by atoms with E-state index in [1.165, 1.54) is 5.56 Å². The van der Waals surface area contributed by atoms with Gasteiger partial charge in [0.1, 0.15) is 5.75 Å². The summed E-state index contributed by atoms with van der Waals surface area (Å²) in [5, 5.41) is 0. The Balaban J connectivity index is 3.08. The second-order valence-corrected chi connectivity index (χ2v) is 3.82. The average molecular weight is 292 g/mol. The van der Waals surface area contributed by atoms with Crippen LogP contribution in [0, 0.1) is 3.57 Å². The normalized spacial score (nSPS) is 12.6. The van der Waals surface area contributed by atoms with E-state index in [-0.39, 0.29) is 6.10 Å². The fraction of sp³-hybridized carbons (Fsp3) is 0.400. The molecule has 0 heterocycles. The summed E-state index contributed by atoms with van der Waals surface area (Å²) in [6.07, 6.45) is 0.113. The van der Waals surface area contributed by atoms with Crippen LogP contribution in [0.25, 0.3) is 0 Å². The van der Waals surface area contributed by atoms with Crippen molar-refractivity contribution in [3.05, 3.63) is 27.3 Å². The number of halogens is 1. The molecule has 0 N–H and O–H groups in total. The van der Waals surface area contributed by atoms with Gasteiger partial charge in [-0.15, -0.1) is 0 Å². The van der Waals surface area contributed by atoms with Gasteiger partial charge < -0.3 is 9.47 Å². The van der Waals surface area contributed by atoms with Gasteiger partial charge in [0.05, 0.1) is 16.8 Å². The molecule has 0 spiro atoms. The van der Waals surface area contributed by atoms with Crippen molar-refractivity contribution >= 4 is 22.6 Å². The Kier molecular flexibility index (Phi) is 3.99. The molecular formula is C10H13IO2. The summed E-state index contributed by atoms with van der Waals surface area (Å²) in [5.41, 5.74) is 1.17. The van der Waals surface area contributed by atoms with Crippen molar-refractivity contribution in [2.45, 2.75) is 13.0 Å². The molecule has 0 fully saturated rings. The average Bonchev–Trinajstić information content (AvgIpc) is 2.17. The first-order valence-electron chi connectivity index (χ1n) is 4.06. The largest absolute Gasteiger partial charge is 0.496 e. The molecule has 0 unspecified atom stereocenters. The van der Waals surface area contributed by atoms with Gasteiger partial charge in [-0.25, -0.2) is 0 Å². The standard InChI is InChI=1S/C10H13IO2/c1-7(12-2)8-5-4-6-9(13-3)10(8)11/h4-7H,1-3H3/t7-/m0/s1. The first-order chi connectivity index (χ1) is 6.20. The summed E-state index contributed by atoms with van der Waals surface area (Å²) in [6, 6.07) is 5.98. The number of hydrogen-bond acceptors (Lipinski definition) is 2. The van der Waals surface area contributed by atoms with Crippen LogP contribution in [0.15, 0.2) is 18.2 Å². The lowest BCUT2D eigenvalue weighted by atomic mass is 10.1. The molecule has 0 radical (unpaired) electrons. The van der Waals surface area contributed by atoms with Crippen LogP contribution in [0.2, 0.25) is 0 Å². The first kappa shape index (κ1) is 10.8. The highest BCUT2D eigenvalue weighted by Crippen LogP contribution is 2.29. The Morgan fingerprint density at radius 1 is 1.31 bits per heavy atom. The lowest BCUT2D eigenvalue weighted by molar-refractivity contribution is 0.118. The van der Waals surface area contributed by atoms with Crippen molar-refractivity contribution in [2.75, 3.05) is 14.2 Å². The second kappa shape index (κ2) is 4.81. The Morgan fingerprint density at radius 2 is 2.00 bits per heavy atom. The van der Waals surface area contributed by atoms with Gasteiger partial charge in [0.25, 0.3) is 0 Å². The highest BCUT2D eigenvalue weighted by Gasteiger charge is 2.11. The zero-order valence-electron chi connectivity index (χ0n) is 8.00. The number of ether oxygens (including phenoxy) is 2. The first-order valence-corrected chi connectivity index (χ1v) is 5.13. The summed E-state index contributed by atoms with van der Waals surface area (Å²) in [5.74, 6) is 0.905. The van der Waals surface area contributed by atoms with Crippen molar-refractivity contribution < 1.29 is 9.47 Å². The molecule has 0 aliphatic carbocycles. The van der Waals surface area contributed by atoms with E-state index >= 15 is 0 Å². The smallest absolute Gasteiger partial charge is 0.132 e. The van der Waals surface area contributed by atoms with Crippen LogP contribution < -0.4 is 4.74 Å². The van der Waals surface area contributed by atoms with E-state index in [2.05, 4.69) is 28.7 Å². The van der Waals surface area contributed by atoms with E-state index in [0.29, 0.717) is 0 Å². The predicted molar refractivity (Wildman–Crippen MR) is 61.1 cm³/mol. The van der Waals surface area contributed by atoms with Gasteiger partial charge in [-0.05, 0) is 41.1 Å². The maximum atomic E-state index is 5.26. The monoisotopic (exact) mass is 292 g/mol. The van der Waals surface area contributed by atoms with Crippen molar-refractivity contribution in [3.8, 4) is 5.75 Å². The van der Waals surface area contributed by atoms with E-state index in [9.17, 15) is 0 Å². The van der Waals surface area contributed by atoms with E-state index < -0.39 is 0 Å². The van der Waals surface area contributed by atoms with Crippen LogP contribution in [0.4, 0.5) is 0 Å². The van der Waals surface area contributed by atoms with E-state index in [4.69, 9.17) is 9.47 Å². The van der Waals surface area contributed by atoms with Crippen LogP contribution in [-0.2, 0) is 4.74 Å². The van der Waals surface area contributed by atoms with Gasteiger partial charge in [-0.1, -0.05) is 12.1 Å². The molecule has 0 aromatic heterocycles. The third-order valence-electron chi connectivity index (χ3n) is 2.00. The summed E-state index contributed by atoms with van der Waals surface area (Å²) in [7, 11) is 3.39. The Bertz CT molecular complexity index is 286. The van der Waals surface area contributed by atoms with Gasteiger partial charge >= 0.3 is 0 Å². The molecule has 0 aliphatic rings. The molecule has 1 aromatic carbocycles. The minimum Gasteiger partial charge on any atom is -0.496 e. The van der Waals surface area contributed by atoms with Crippen molar-refractivity contribution in [1.82, 2.24) is 0 Å². The molecule has 1 rings (SSSR count). The molecule has 1 aromatic rings. The molecule has 3 heteroatoms. The lowest BCUT2D eigenvalue weighted by Gasteiger charge is -2.13. The maximum absolute atomic E-state index is 5.26. The molecule has 72 valence electrons. The molecule has 13 heavy (non-hydrogen) atoms. The number of methoxy groups -OCH3 is 2. The Hall–Kier alpha value is -0.290. The van der Waals surface area contributed by atoms with Crippen LogP contribution in [0.1, 0.15) is 18.6 Å².